The van der Waals surface area contributed by atoms with Gasteiger partial charge in [0.15, 0.2) is 5.13 Å². The van der Waals surface area contributed by atoms with Gasteiger partial charge in [0.05, 0.1) is 28.1 Å². The summed E-state index contributed by atoms with van der Waals surface area (Å²) in [5.41, 5.74) is 2.46. The molecule has 2 N–H and O–H groups in total. The van der Waals surface area contributed by atoms with Gasteiger partial charge in [-0.05, 0) is 38.7 Å². The van der Waals surface area contributed by atoms with Crippen molar-refractivity contribution >= 4 is 43.7 Å². The third-order valence-corrected chi connectivity index (χ3v) is 9.87. The molecule has 8 nitrogen and oxygen atoms in total. The van der Waals surface area contributed by atoms with E-state index >= 15 is 0 Å². The van der Waals surface area contributed by atoms with Gasteiger partial charge in [-0.2, -0.15) is 4.31 Å². The number of nitrogens with one attached hydrogen (secondary N) is 1. The number of aliphatic hydroxyl groups excluding tert-OH is 1. The highest BCUT2D eigenvalue weighted by atomic mass is 32.2. The zero-order valence-electron chi connectivity index (χ0n) is 18.6. The second-order valence-electron chi connectivity index (χ2n) is 8.23. The van der Waals surface area contributed by atoms with E-state index in [1.54, 1.807) is 13.8 Å². The van der Waals surface area contributed by atoms with Crippen molar-refractivity contribution in [3.05, 3.63) is 52.0 Å². The minimum Gasteiger partial charge on any atom is -0.389 e. The number of carbonyl (C=O) groups is 1. The van der Waals surface area contributed by atoms with Crippen LogP contribution in [-0.4, -0.2) is 51.5 Å². The summed E-state index contributed by atoms with van der Waals surface area (Å²) in [5.74, 6) is -0.435. The lowest BCUT2D eigenvalue weighted by atomic mass is 9.96. The zero-order chi connectivity index (χ0) is 23.8. The Morgan fingerprint density at radius 1 is 1.27 bits per heavy atom. The fraction of sp³-hybridized carbons (Fsp3) is 0.409. The Bertz CT molecular complexity index is 1240. The van der Waals surface area contributed by atoms with Gasteiger partial charge in [0.1, 0.15) is 11.0 Å². The molecule has 0 aliphatic carbocycles. The molecular weight excluding hydrogens is 480 g/mol. The summed E-state index contributed by atoms with van der Waals surface area (Å²) in [4.78, 5) is 22.9. The van der Waals surface area contributed by atoms with Crippen molar-refractivity contribution in [2.75, 3.05) is 11.9 Å². The molecule has 3 heterocycles. The van der Waals surface area contributed by atoms with Gasteiger partial charge in [0.25, 0.3) is 0 Å². The molecule has 4 rings (SSSR count). The number of aromatic nitrogens is 2. The molecule has 2 atom stereocenters. The SMILES string of the molecule is Cc1nc(CO)sc1-c1csc(NC(=O)[C@@H]2C[C@@H](c3ccccc3)CN2S(=O)(=O)C(C)C)n1. The van der Waals surface area contributed by atoms with Crippen molar-refractivity contribution in [1.29, 1.82) is 0 Å². The predicted molar refractivity (Wildman–Crippen MR) is 131 cm³/mol. The molecule has 33 heavy (non-hydrogen) atoms. The van der Waals surface area contributed by atoms with Crippen LogP contribution in [0.1, 0.15) is 42.5 Å². The van der Waals surface area contributed by atoms with E-state index in [-0.39, 0.29) is 25.0 Å². The summed E-state index contributed by atoms with van der Waals surface area (Å²) in [6.45, 7) is 5.25. The number of aliphatic hydroxyl groups is 1. The average molecular weight is 507 g/mol. The summed E-state index contributed by atoms with van der Waals surface area (Å²) < 4.78 is 27.4. The Labute approximate surface area is 201 Å². The van der Waals surface area contributed by atoms with Crippen LogP contribution in [-0.2, 0) is 21.4 Å². The van der Waals surface area contributed by atoms with Crippen molar-refractivity contribution in [1.82, 2.24) is 14.3 Å². The standard InChI is InChI=1S/C22H26N4O4S3/c1-13(2)33(29,30)26-10-16(15-7-5-4-6-8-15)9-18(26)21(28)25-22-24-17(12-31-22)20-14(3)23-19(11-27)32-20/h4-8,12-13,16,18,27H,9-11H2,1-3H3,(H,24,25,28)/t16-,18+/m1/s1. The van der Waals surface area contributed by atoms with Crippen LogP contribution in [0.25, 0.3) is 10.6 Å². The normalized spacial score (nSPS) is 19.3. The first-order chi connectivity index (χ1) is 15.7. The van der Waals surface area contributed by atoms with Gasteiger partial charge in [0, 0.05) is 11.9 Å². The largest absolute Gasteiger partial charge is 0.389 e. The maximum atomic E-state index is 13.2. The van der Waals surface area contributed by atoms with E-state index in [0.29, 0.717) is 22.3 Å². The Balaban J connectivity index is 1.56. The van der Waals surface area contributed by atoms with Gasteiger partial charge >= 0.3 is 0 Å². The summed E-state index contributed by atoms with van der Waals surface area (Å²) in [5, 5.41) is 14.4. The van der Waals surface area contributed by atoms with Crippen LogP contribution in [0.4, 0.5) is 5.13 Å². The number of hydrogen-bond donors (Lipinski definition) is 2. The molecule has 2 aromatic heterocycles. The summed E-state index contributed by atoms with van der Waals surface area (Å²) in [7, 11) is -3.62. The predicted octanol–water partition coefficient (Wildman–Crippen LogP) is 3.60. The third-order valence-electron chi connectivity index (χ3n) is 5.70. The zero-order valence-corrected chi connectivity index (χ0v) is 21.0. The highest BCUT2D eigenvalue weighted by Crippen LogP contribution is 2.36. The smallest absolute Gasteiger partial charge is 0.244 e. The van der Waals surface area contributed by atoms with Crippen molar-refractivity contribution in [3.63, 3.8) is 0 Å². The molecule has 176 valence electrons. The molecule has 0 radical (unpaired) electrons. The summed E-state index contributed by atoms with van der Waals surface area (Å²) >= 11 is 2.63. The molecule has 1 saturated heterocycles. The maximum Gasteiger partial charge on any atom is 0.244 e. The van der Waals surface area contributed by atoms with E-state index in [1.807, 2.05) is 42.6 Å². The number of rotatable bonds is 7. The Morgan fingerprint density at radius 3 is 2.64 bits per heavy atom. The van der Waals surface area contributed by atoms with Crippen LogP contribution in [0.15, 0.2) is 35.7 Å². The molecular formula is C22H26N4O4S3. The molecule has 1 aliphatic rings. The van der Waals surface area contributed by atoms with Crippen molar-refractivity contribution in [2.24, 2.45) is 0 Å². The number of benzene rings is 1. The highest BCUT2D eigenvalue weighted by Gasteiger charge is 2.44. The van der Waals surface area contributed by atoms with E-state index in [0.717, 1.165) is 16.1 Å². The van der Waals surface area contributed by atoms with Crippen LogP contribution in [0, 0.1) is 6.92 Å². The molecule has 0 saturated carbocycles. The lowest BCUT2D eigenvalue weighted by Gasteiger charge is -2.24. The molecule has 3 aromatic rings. The fourth-order valence-electron chi connectivity index (χ4n) is 3.94. The monoisotopic (exact) mass is 506 g/mol. The molecule has 11 heteroatoms. The van der Waals surface area contributed by atoms with Crippen molar-refractivity contribution < 1.29 is 18.3 Å². The highest BCUT2D eigenvalue weighted by molar-refractivity contribution is 7.89. The Kier molecular flexibility index (Phi) is 6.96. The molecule has 0 spiro atoms. The van der Waals surface area contributed by atoms with Crippen LogP contribution in [0.2, 0.25) is 0 Å². The van der Waals surface area contributed by atoms with Crippen LogP contribution >= 0.6 is 22.7 Å². The third kappa shape index (κ3) is 4.87. The lowest BCUT2D eigenvalue weighted by molar-refractivity contribution is -0.119. The molecule has 0 unspecified atom stereocenters. The quantitative estimate of drug-likeness (QED) is 0.506. The number of hydrogen-bond acceptors (Lipinski definition) is 8. The Morgan fingerprint density at radius 2 is 2.00 bits per heavy atom. The molecule has 1 aromatic carbocycles. The first-order valence-electron chi connectivity index (χ1n) is 10.6. The average Bonchev–Trinajstić information content (AvgIpc) is 3.52. The second-order valence-corrected chi connectivity index (χ2v) is 12.6. The van der Waals surface area contributed by atoms with Crippen LogP contribution in [0.5, 0.6) is 0 Å². The topological polar surface area (TPSA) is 112 Å². The number of thiazole rings is 2. The minimum atomic E-state index is -3.62. The van der Waals surface area contributed by atoms with E-state index in [2.05, 4.69) is 15.3 Å². The number of sulfonamides is 1. The van der Waals surface area contributed by atoms with Gasteiger partial charge in [-0.25, -0.2) is 18.4 Å². The van der Waals surface area contributed by atoms with Crippen molar-refractivity contribution in [2.45, 2.75) is 51.0 Å². The first kappa shape index (κ1) is 24.0. The van der Waals surface area contributed by atoms with E-state index in [4.69, 9.17) is 0 Å². The number of anilines is 1. The van der Waals surface area contributed by atoms with Gasteiger partial charge in [-0.15, -0.1) is 22.7 Å². The first-order valence-corrected chi connectivity index (χ1v) is 13.8. The van der Waals surface area contributed by atoms with E-state index in [1.165, 1.54) is 27.0 Å². The van der Waals surface area contributed by atoms with Gasteiger partial charge < -0.3 is 10.4 Å². The number of carbonyl (C=O) groups excluding carboxylic acids is 1. The number of amides is 1. The fourth-order valence-corrected chi connectivity index (χ4v) is 7.07. The van der Waals surface area contributed by atoms with Crippen LogP contribution in [0.3, 0.4) is 0 Å². The van der Waals surface area contributed by atoms with E-state index < -0.39 is 21.3 Å². The van der Waals surface area contributed by atoms with Gasteiger partial charge in [-0.3, -0.25) is 4.79 Å². The lowest BCUT2D eigenvalue weighted by Crippen LogP contribution is -2.45. The van der Waals surface area contributed by atoms with Crippen LogP contribution < -0.4 is 5.32 Å². The van der Waals surface area contributed by atoms with E-state index in [9.17, 15) is 18.3 Å². The Hall–Kier alpha value is -2.18. The molecule has 1 amide bonds. The van der Waals surface area contributed by atoms with Gasteiger partial charge in [-0.1, -0.05) is 30.3 Å². The molecule has 1 fully saturated rings. The molecule has 0 bridgehead atoms. The van der Waals surface area contributed by atoms with Crippen molar-refractivity contribution in [3.8, 4) is 10.6 Å². The summed E-state index contributed by atoms with van der Waals surface area (Å²) in [6.07, 6.45) is 0.411. The van der Waals surface area contributed by atoms with Gasteiger partial charge in [0.2, 0.25) is 15.9 Å². The second kappa shape index (κ2) is 9.59. The number of aryl methyl sites for hydroxylation is 1. The number of nitrogens with zero attached hydrogens (tertiary/aromatic N) is 3. The maximum absolute atomic E-state index is 13.2. The molecule has 1 aliphatic heterocycles. The minimum absolute atomic E-state index is 0.0564. The summed E-state index contributed by atoms with van der Waals surface area (Å²) in [6, 6.07) is 8.89.